The molecule has 0 saturated heterocycles. The fraction of sp³-hybridized carbons (Fsp3) is 0.833. The molecule has 0 aliphatic heterocycles. The van der Waals surface area contributed by atoms with Crippen molar-refractivity contribution in [2.75, 3.05) is 0 Å². The first-order valence-corrected chi connectivity index (χ1v) is 7.12. The van der Waals surface area contributed by atoms with Crippen molar-refractivity contribution in [1.29, 1.82) is 0 Å². The molecule has 1 heterocycles. The van der Waals surface area contributed by atoms with Gasteiger partial charge >= 0.3 is 0 Å². The molecule has 3 rings (SSSR count). The van der Waals surface area contributed by atoms with E-state index in [-0.39, 0.29) is 6.04 Å². The molecule has 1 aromatic heterocycles. The highest BCUT2D eigenvalue weighted by Crippen LogP contribution is 2.49. The standard InChI is InChI=1S/C12H19N3S/c1-7(13)12-15-14-11(16-12)6-10-5-8-2-3-9(10)4-8/h7-10H,2-6,13H2,1H3. The molecular formula is C12H19N3S. The molecule has 4 atom stereocenters. The summed E-state index contributed by atoms with van der Waals surface area (Å²) in [6.45, 7) is 1.97. The summed E-state index contributed by atoms with van der Waals surface area (Å²) in [7, 11) is 0. The number of rotatable bonds is 3. The Labute approximate surface area is 100 Å². The van der Waals surface area contributed by atoms with Crippen LogP contribution in [-0.4, -0.2) is 10.2 Å². The molecule has 0 aromatic carbocycles. The molecule has 1 aromatic rings. The molecule has 3 nitrogen and oxygen atoms in total. The van der Waals surface area contributed by atoms with Gasteiger partial charge in [-0.3, -0.25) is 0 Å². The average Bonchev–Trinajstić information content (AvgIpc) is 2.91. The van der Waals surface area contributed by atoms with Crippen LogP contribution < -0.4 is 5.73 Å². The Morgan fingerprint density at radius 1 is 1.38 bits per heavy atom. The molecule has 88 valence electrons. The monoisotopic (exact) mass is 237 g/mol. The molecular weight excluding hydrogens is 218 g/mol. The van der Waals surface area contributed by atoms with Gasteiger partial charge in [0.25, 0.3) is 0 Å². The van der Waals surface area contributed by atoms with Crippen LogP contribution in [0.3, 0.4) is 0 Å². The Morgan fingerprint density at radius 2 is 2.25 bits per heavy atom. The number of aromatic nitrogens is 2. The van der Waals surface area contributed by atoms with Gasteiger partial charge in [0.2, 0.25) is 0 Å². The zero-order valence-corrected chi connectivity index (χ0v) is 10.5. The summed E-state index contributed by atoms with van der Waals surface area (Å²) in [6.07, 6.45) is 6.98. The molecule has 0 radical (unpaired) electrons. The summed E-state index contributed by atoms with van der Waals surface area (Å²) >= 11 is 1.71. The van der Waals surface area contributed by atoms with Crippen molar-refractivity contribution >= 4 is 11.3 Å². The van der Waals surface area contributed by atoms with Crippen LogP contribution in [0.2, 0.25) is 0 Å². The fourth-order valence-electron chi connectivity index (χ4n) is 3.38. The number of hydrogen-bond acceptors (Lipinski definition) is 4. The molecule has 16 heavy (non-hydrogen) atoms. The molecule has 2 aliphatic rings. The molecule has 4 heteroatoms. The van der Waals surface area contributed by atoms with E-state index in [1.807, 2.05) is 6.92 Å². The van der Waals surface area contributed by atoms with Gasteiger partial charge in [-0.25, -0.2) is 0 Å². The van der Waals surface area contributed by atoms with Crippen LogP contribution in [0.4, 0.5) is 0 Å². The summed E-state index contributed by atoms with van der Waals surface area (Å²) in [4.78, 5) is 0. The summed E-state index contributed by atoms with van der Waals surface area (Å²) in [5.41, 5.74) is 5.80. The van der Waals surface area contributed by atoms with Crippen LogP contribution in [0.25, 0.3) is 0 Å². The minimum absolute atomic E-state index is 0.0336. The lowest BCUT2D eigenvalue weighted by Gasteiger charge is -2.19. The molecule has 2 aliphatic carbocycles. The van der Waals surface area contributed by atoms with Gasteiger partial charge in [-0.15, -0.1) is 10.2 Å². The first-order valence-electron chi connectivity index (χ1n) is 6.30. The zero-order valence-electron chi connectivity index (χ0n) is 9.72. The Kier molecular flexibility index (Phi) is 2.72. The van der Waals surface area contributed by atoms with Gasteiger partial charge < -0.3 is 5.73 Å². The van der Waals surface area contributed by atoms with Crippen molar-refractivity contribution in [3.05, 3.63) is 10.0 Å². The fourth-order valence-corrected chi connectivity index (χ4v) is 4.27. The molecule has 2 bridgehead atoms. The van der Waals surface area contributed by atoms with E-state index in [4.69, 9.17) is 5.73 Å². The minimum Gasteiger partial charge on any atom is -0.322 e. The molecule has 2 fully saturated rings. The lowest BCUT2D eigenvalue weighted by Crippen LogP contribution is -2.12. The Bertz CT molecular complexity index is 374. The maximum absolute atomic E-state index is 5.80. The Morgan fingerprint density at radius 3 is 2.81 bits per heavy atom. The van der Waals surface area contributed by atoms with Crippen molar-refractivity contribution in [1.82, 2.24) is 10.2 Å². The third kappa shape index (κ3) is 1.89. The summed E-state index contributed by atoms with van der Waals surface area (Å²) < 4.78 is 0. The highest BCUT2D eigenvalue weighted by Gasteiger charge is 2.39. The quantitative estimate of drug-likeness (QED) is 0.879. The second kappa shape index (κ2) is 4.08. The predicted molar refractivity (Wildman–Crippen MR) is 65.2 cm³/mol. The molecule has 4 unspecified atom stereocenters. The normalized spacial score (nSPS) is 34.5. The smallest absolute Gasteiger partial charge is 0.133 e. The van der Waals surface area contributed by atoms with Crippen LogP contribution in [0.1, 0.15) is 48.7 Å². The van der Waals surface area contributed by atoms with E-state index < -0.39 is 0 Å². The van der Waals surface area contributed by atoms with Crippen molar-refractivity contribution in [3.63, 3.8) is 0 Å². The van der Waals surface area contributed by atoms with Crippen LogP contribution in [0.5, 0.6) is 0 Å². The maximum atomic E-state index is 5.80. The van der Waals surface area contributed by atoms with E-state index in [0.29, 0.717) is 0 Å². The largest absolute Gasteiger partial charge is 0.322 e. The molecule has 0 amide bonds. The predicted octanol–water partition coefficient (Wildman–Crippen LogP) is 2.54. The molecule has 2 N–H and O–H groups in total. The van der Waals surface area contributed by atoms with Gasteiger partial charge in [0.1, 0.15) is 10.0 Å². The van der Waals surface area contributed by atoms with Crippen molar-refractivity contribution in [3.8, 4) is 0 Å². The van der Waals surface area contributed by atoms with Gasteiger partial charge in [-0.1, -0.05) is 17.8 Å². The number of hydrogen-bond donors (Lipinski definition) is 1. The second-order valence-corrected chi connectivity index (χ2v) is 6.56. The third-order valence-electron chi connectivity index (χ3n) is 4.19. The van der Waals surface area contributed by atoms with Gasteiger partial charge in [0, 0.05) is 6.42 Å². The van der Waals surface area contributed by atoms with Gasteiger partial charge in [-0.05, 0) is 43.9 Å². The molecule has 2 saturated carbocycles. The minimum atomic E-state index is 0.0336. The SMILES string of the molecule is CC(N)c1nnc(CC2CC3CCC2C3)s1. The van der Waals surface area contributed by atoms with Gasteiger partial charge in [-0.2, -0.15) is 0 Å². The van der Waals surface area contributed by atoms with E-state index in [1.54, 1.807) is 11.3 Å². The van der Waals surface area contributed by atoms with E-state index in [9.17, 15) is 0 Å². The zero-order chi connectivity index (χ0) is 11.1. The van der Waals surface area contributed by atoms with Gasteiger partial charge in [0.05, 0.1) is 6.04 Å². The van der Waals surface area contributed by atoms with Gasteiger partial charge in [0.15, 0.2) is 0 Å². The lowest BCUT2D eigenvalue weighted by atomic mass is 9.87. The van der Waals surface area contributed by atoms with Crippen LogP contribution in [0.15, 0.2) is 0 Å². The lowest BCUT2D eigenvalue weighted by molar-refractivity contribution is 0.331. The van der Waals surface area contributed by atoms with Crippen LogP contribution in [-0.2, 0) is 6.42 Å². The first-order chi connectivity index (χ1) is 7.72. The van der Waals surface area contributed by atoms with E-state index >= 15 is 0 Å². The topological polar surface area (TPSA) is 51.8 Å². The van der Waals surface area contributed by atoms with Crippen LogP contribution >= 0.6 is 11.3 Å². The summed E-state index contributed by atoms with van der Waals surface area (Å²) in [6, 6.07) is 0.0336. The number of nitrogens with zero attached hydrogens (tertiary/aromatic N) is 2. The number of fused-ring (bicyclic) bond motifs is 2. The van der Waals surface area contributed by atoms with E-state index in [0.717, 1.165) is 29.2 Å². The summed E-state index contributed by atoms with van der Waals surface area (Å²) in [5, 5.41) is 10.6. The Balaban J connectivity index is 1.65. The van der Waals surface area contributed by atoms with E-state index in [2.05, 4.69) is 10.2 Å². The van der Waals surface area contributed by atoms with Crippen molar-refractivity contribution < 1.29 is 0 Å². The third-order valence-corrected chi connectivity index (χ3v) is 5.34. The van der Waals surface area contributed by atoms with E-state index in [1.165, 1.54) is 30.7 Å². The average molecular weight is 237 g/mol. The molecule has 0 spiro atoms. The first kappa shape index (κ1) is 10.7. The number of nitrogens with two attached hydrogens (primary N) is 1. The van der Waals surface area contributed by atoms with Crippen LogP contribution in [0, 0.1) is 17.8 Å². The van der Waals surface area contributed by atoms with Crippen molar-refractivity contribution in [2.45, 2.75) is 45.1 Å². The maximum Gasteiger partial charge on any atom is 0.133 e. The highest BCUT2D eigenvalue weighted by atomic mass is 32.1. The second-order valence-electron chi connectivity index (χ2n) is 5.46. The Hall–Kier alpha value is -0.480. The highest BCUT2D eigenvalue weighted by molar-refractivity contribution is 7.11. The summed E-state index contributed by atoms with van der Waals surface area (Å²) in [5.74, 6) is 2.89. The van der Waals surface area contributed by atoms with Crippen molar-refractivity contribution in [2.24, 2.45) is 23.5 Å².